The molecular formula is C18H11N5O5. The molecule has 28 heavy (non-hydrogen) atoms. The fourth-order valence-corrected chi connectivity index (χ4v) is 2.59. The van der Waals surface area contributed by atoms with Crippen LogP contribution < -0.4 is 4.74 Å². The predicted octanol–water partition coefficient (Wildman–Crippen LogP) is 4.23. The van der Waals surface area contributed by atoms with Gasteiger partial charge in [0.15, 0.2) is 5.65 Å². The average molecular weight is 377 g/mol. The van der Waals surface area contributed by atoms with Crippen LogP contribution in [0.15, 0.2) is 60.8 Å². The molecule has 0 saturated heterocycles. The summed E-state index contributed by atoms with van der Waals surface area (Å²) in [5.74, 6) is 1.38. The minimum Gasteiger partial charge on any atom is -0.456 e. The van der Waals surface area contributed by atoms with Crippen molar-refractivity contribution in [1.82, 2.24) is 15.0 Å². The Morgan fingerprint density at radius 1 is 0.857 bits per heavy atom. The number of hydrogen-bond donors (Lipinski definition) is 1. The predicted molar refractivity (Wildman–Crippen MR) is 99.1 cm³/mol. The van der Waals surface area contributed by atoms with Gasteiger partial charge in [0.25, 0.3) is 11.4 Å². The monoisotopic (exact) mass is 377 g/mol. The number of rotatable bonds is 5. The number of imidazole rings is 1. The fourth-order valence-electron chi connectivity index (χ4n) is 2.59. The number of aromatic amines is 1. The molecule has 2 aromatic heterocycles. The number of fused-ring (bicyclic) bond motifs is 1. The van der Waals surface area contributed by atoms with Crippen molar-refractivity contribution >= 4 is 22.5 Å². The van der Waals surface area contributed by atoms with Crippen molar-refractivity contribution in [1.29, 1.82) is 0 Å². The molecular weight excluding hydrogens is 366 g/mol. The summed E-state index contributed by atoms with van der Waals surface area (Å²) < 4.78 is 5.67. The molecule has 0 unspecified atom stereocenters. The molecule has 0 aliphatic heterocycles. The van der Waals surface area contributed by atoms with E-state index in [9.17, 15) is 20.2 Å². The largest absolute Gasteiger partial charge is 0.456 e. The van der Waals surface area contributed by atoms with Gasteiger partial charge in [-0.25, -0.2) is 9.97 Å². The third-order valence-electron chi connectivity index (χ3n) is 3.95. The first-order valence-corrected chi connectivity index (χ1v) is 8.02. The number of ether oxygens (including phenoxy) is 1. The molecule has 0 atom stereocenters. The molecule has 4 rings (SSSR count). The van der Waals surface area contributed by atoms with Crippen LogP contribution in [0.25, 0.3) is 22.6 Å². The third kappa shape index (κ3) is 3.33. The van der Waals surface area contributed by atoms with Crippen LogP contribution in [0.3, 0.4) is 0 Å². The molecule has 0 amide bonds. The number of aromatic nitrogens is 3. The van der Waals surface area contributed by atoms with Crippen molar-refractivity contribution in [2.24, 2.45) is 0 Å². The molecule has 0 aliphatic rings. The van der Waals surface area contributed by atoms with E-state index in [1.807, 2.05) is 0 Å². The maximum absolute atomic E-state index is 10.8. The van der Waals surface area contributed by atoms with Gasteiger partial charge in [0.05, 0.1) is 21.6 Å². The van der Waals surface area contributed by atoms with Crippen LogP contribution in [0.4, 0.5) is 11.4 Å². The lowest BCUT2D eigenvalue weighted by Crippen LogP contribution is -1.89. The van der Waals surface area contributed by atoms with Crippen LogP contribution in [-0.4, -0.2) is 24.8 Å². The van der Waals surface area contributed by atoms with Gasteiger partial charge in [0.1, 0.15) is 17.3 Å². The lowest BCUT2D eigenvalue weighted by molar-refractivity contribution is -0.385. The molecule has 0 saturated carbocycles. The zero-order chi connectivity index (χ0) is 19.7. The lowest BCUT2D eigenvalue weighted by Gasteiger charge is -2.04. The van der Waals surface area contributed by atoms with E-state index in [4.69, 9.17) is 4.74 Å². The van der Waals surface area contributed by atoms with Crippen LogP contribution in [0.2, 0.25) is 0 Å². The Balaban J connectivity index is 1.59. The second-order valence-corrected chi connectivity index (χ2v) is 5.78. The van der Waals surface area contributed by atoms with Crippen LogP contribution in [-0.2, 0) is 0 Å². The second-order valence-electron chi connectivity index (χ2n) is 5.78. The van der Waals surface area contributed by atoms with Crippen LogP contribution in [0.5, 0.6) is 11.5 Å². The van der Waals surface area contributed by atoms with Crippen molar-refractivity contribution in [3.05, 3.63) is 81.0 Å². The molecule has 0 aliphatic carbocycles. The van der Waals surface area contributed by atoms with Gasteiger partial charge in [-0.15, -0.1) is 0 Å². The van der Waals surface area contributed by atoms with Crippen molar-refractivity contribution in [3.63, 3.8) is 0 Å². The maximum Gasteiger partial charge on any atom is 0.269 e. The standard InChI is InChI=1S/C18H11N5O5/c24-22(25)12-3-1-11(2-4-12)17-20-16-9-15(10-19-18(16)21-17)28-14-7-5-13(6-8-14)23(26)27/h1-10H,(H,19,20,21). The molecule has 10 heteroatoms. The van der Waals surface area contributed by atoms with Crippen molar-refractivity contribution in [2.45, 2.75) is 0 Å². The minimum absolute atomic E-state index is 0.00299. The Kier molecular flexibility index (Phi) is 4.13. The van der Waals surface area contributed by atoms with Gasteiger partial charge < -0.3 is 9.72 Å². The molecule has 0 spiro atoms. The smallest absolute Gasteiger partial charge is 0.269 e. The number of hydrogen-bond acceptors (Lipinski definition) is 7. The van der Waals surface area contributed by atoms with Gasteiger partial charge >= 0.3 is 0 Å². The van der Waals surface area contributed by atoms with Crippen molar-refractivity contribution in [2.75, 3.05) is 0 Å². The molecule has 0 fully saturated rings. The summed E-state index contributed by atoms with van der Waals surface area (Å²) in [6.07, 6.45) is 1.49. The number of nitrogens with zero attached hydrogens (tertiary/aromatic N) is 4. The van der Waals surface area contributed by atoms with E-state index in [0.717, 1.165) is 0 Å². The summed E-state index contributed by atoms with van der Waals surface area (Å²) in [5, 5.41) is 21.5. The molecule has 1 N–H and O–H groups in total. The Morgan fingerprint density at radius 3 is 2.07 bits per heavy atom. The summed E-state index contributed by atoms with van der Waals surface area (Å²) in [5.41, 5.74) is 1.73. The van der Waals surface area contributed by atoms with E-state index in [0.29, 0.717) is 34.1 Å². The summed E-state index contributed by atoms with van der Waals surface area (Å²) >= 11 is 0. The minimum atomic E-state index is -0.484. The second kappa shape index (κ2) is 6.76. The van der Waals surface area contributed by atoms with E-state index in [2.05, 4.69) is 15.0 Å². The average Bonchev–Trinajstić information content (AvgIpc) is 3.12. The number of nitro benzene ring substituents is 2. The SMILES string of the molecule is O=[N+]([O-])c1ccc(Oc2cnc3nc(-c4ccc([N+](=O)[O-])cc4)[nH]c3c2)cc1. The van der Waals surface area contributed by atoms with Gasteiger partial charge in [0, 0.05) is 35.9 Å². The first-order chi connectivity index (χ1) is 13.5. The Labute approximate surface area is 156 Å². The number of nitrogens with one attached hydrogen (secondary N) is 1. The van der Waals surface area contributed by atoms with Crippen LogP contribution in [0, 0.1) is 20.2 Å². The zero-order valence-electron chi connectivity index (χ0n) is 14.1. The van der Waals surface area contributed by atoms with Gasteiger partial charge in [-0.3, -0.25) is 20.2 Å². The quantitative estimate of drug-likeness (QED) is 0.405. The Bertz CT molecular complexity index is 1190. The number of benzene rings is 2. The first kappa shape index (κ1) is 17.1. The van der Waals surface area contributed by atoms with Crippen LogP contribution >= 0.6 is 0 Å². The lowest BCUT2D eigenvalue weighted by atomic mass is 10.2. The molecule has 0 bridgehead atoms. The summed E-state index contributed by atoms with van der Waals surface area (Å²) in [6.45, 7) is 0. The van der Waals surface area contributed by atoms with E-state index in [-0.39, 0.29) is 11.4 Å². The van der Waals surface area contributed by atoms with E-state index >= 15 is 0 Å². The summed E-state index contributed by atoms with van der Waals surface area (Å²) in [6, 6.07) is 13.4. The highest BCUT2D eigenvalue weighted by Gasteiger charge is 2.11. The molecule has 4 aromatic rings. The highest BCUT2D eigenvalue weighted by molar-refractivity contribution is 5.77. The molecule has 0 radical (unpaired) electrons. The molecule has 138 valence electrons. The van der Waals surface area contributed by atoms with Gasteiger partial charge in [-0.2, -0.15) is 0 Å². The molecule has 2 aromatic carbocycles. The van der Waals surface area contributed by atoms with Gasteiger partial charge in [-0.05, 0) is 24.3 Å². The normalized spacial score (nSPS) is 10.7. The first-order valence-electron chi connectivity index (χ1n) is 8.02. The topological polar surface area (TPSA) is 137 Å². The van der Waals surface area contributed by atoms with Gasteiger partial charge in [-0.1, -0.05) is 0 Å². The summed E-state index contributed by atoms with van der Waals surface area (Å²) in [7, 11) is 0. The Hall–Kier alpha value is -4.34. The van der Waals surface area contributed by atoms with Crippen LogP contribution in [0.1, 0.15) is 0 Å². The van der Waals surface area contributed by atoms with Crippen molar-refractivity contribution < 1.29 is 14.6 Å². The fraction of sp³-hybridized carbons (Fsp3) is 0. The number of H-pyrrole nitrogens is 1. The Morgan fingerprint density at radius 2 is 1.46 bits per heavy atom. The van der Waals surface area contributed by atoms with E-state index < -0.39 is 9.85 Å². The highest BCUT2D eigenvalue weighted by atomic mass is 16.6. The van der Waals surface area contributed by atoms with Gasteiger partial charge in [0.2, 0.25) is 0 Å². The van der Waals surface area contributed by atoms with Crippen molar-refractivity contribution in [3.8, 4) is 22.9 Å². The van der Waals surface area contributed by atoms with E-state index in [1.54, 1.807) is 18.2 Å². The maximum atomic E-state index is 10.8. The summed E-state index contributed by atoms with van der Waals surface area (Å²) in [4.78, 5) is 32.2. The van der Waals surface area contributed by atoms with E-state index in [1.165, 1.54) is 42.6 Å². The number of nitro groups is 2. The number of pyridine rings is 1. The number of non-ortho nitro benzene ring substituents is 2. The molecule has 2 heterocycles. The molecule has 10 nitrogen and oxygen atoms in total. The highest BCUT2D eigenvalue weighted by Crippen LogP contribution is 2.27. The zero-order valence-corrected chi connectivity index (χ0v) is 14.1. The third-order valence-corrected chi connectivity index (χ3v) is 3.95.